The summed E-state index contributed by atoms with van der Waals surface area (Å²) in [6.07, 6.45) is 8.12. The maximum absolute atomic E-state index is 12.4. The number of hydrogen-bond acceptors (Lipinski definition) is 4. The summed E-state index contributed by atoms with van der Waals surface area (Å²) in [6, 6.07) is 0.173. The molecule has 1 aromatic rings. The highest BCUT2D eigenvalue weighted by Crippen LogP contribution is 2.20. The molecule has 1 aromatic heterocycles. The van der Waals surface area contributed by atoms with Crippen molar-refractivity contribution in [2.75, 3.05) is 13.1 Å². The van der Waals surface area contributed by atoms with Gasteiger partial charge in [-0.05, 0) is 12.8 Å². The summed E-state index contributed by atoms with van der Waals surface area (Å²) in [5, 5.41) is 0. The number of likely N-dealkylation sites (tertiary alicyclic amines) is 2. The molecule has 0 spiro atoms. The summed E-state index contributed by atoms with van der Waals surface area (Å²) in [4.78, 5) is 42.7. The van der Waals surface area contributed by atoms with Crippen LogP contribution in [0.3, 0.4) is 0 Å². The van der Waals surface area contributed by atoms with E-state index in [-0.39, 0.29) is 49.6 Å². The van der Waals surface area contributed by atoms with Gasteiger partial charge in [0.15, 0.2) is 0 Å². The molecule has 1 atom stereocenters. The van der Waals surface area contributed by atoms with Crippen LogP contribution < -0.4 is 0 Å². The van der Waals surface area contributed by atoms with Crippen LogP contribution in [0.1, 0.15) is 32.1 Å². The topological polar surface area (TPSA) is 75.5 Å². The molecule has 0 N–H and O–H groups in total. The van der Waals surface area contributed by atoms with E-state index in [1.54, 1.807) is 12.5 Å². The molecular formula is C15H20N4O3. The van der Waals surface area contributed by atoms with Crippen molar-refractivity contribution in [3.8, 4) is 0 Å². The Bertz CT molecular complexity index is 553. The third kappa shape index (κ3) is 3.03. The molecule has 3 amide bonds. The first-order chi connectivity index (χ1) is 10.6. The van der Waals surface area contributed by atoms with Crippen LogP contribution in [0.25, 0.3) is 0 Å². The molecule has 0 aliphatic carbocycles. The van der Waals surface area contributed by atoms with Crippen LogP contribution in [0.5, 0.6) is 0 Å². The van der Waals surface area contributed by atoms with E-state index in [9.17, 15) is 14.4 Å². The predicted octanol–water partition coefficient (Wildman–Crippen LogP) is 0.413. The number of aromatic nitrogens is 2. The quantitative estimate of drug-likeness (QED) is 0.739. The second-order valence-corrected chi connectivity index (χ2v) is 5.83. The zero-order chi connectivity index (χ0) is 15.5. The highest BCUT2D eigenvalue weighted by atomic mass is 16.2. The SMILES string of the molecule is O=C1CCC(=O)N1CCC(=O)N1CCC[C@@H]1Cn1ccnc1. The first-order valence-corrected chi connectivity index (χ1v) is 7.73. The Kier molecular flexibility index (Phi) is 4.22. The average molecular weight is 304 g/mol. The third-order valence-corrected chi connectivity index (χ3v) is 4.38. The van der Waals surface area contributed by atoms with Gasteiger partial charge in [-0.1, -0.05) is 0 Å². The number of hydrogen-bond donors (Lipinski definition) is 0. The molecule has 0 aromatic carbocycles. The lowest BCUT2D eigenvalue weighted by Gasteiger charge is -2.26. The molecule has 0 saturated carbocycles. The molecule has 22 heavy (non-hydrogen) atoms. The van der Waals surface area contributed by atoms with E-state index in [0.717, 1.165) is 25.9 Å². The highest BCUT2D eigenvalue weighted by Gasteiger charge is 2.32. The molecule has 0 bridgehead atoms. The van der Waals surface area contributed by atoms with Crippen molar-refractivity contribution < 1.29 is 14.4 Å². The number of imidazole rings is 1. The number of imide groups is 1. The van der Waals surface area contributed by atoms with Crippen LogP contribution >= 0.6 is 0 Å². The fourth-order valence-corrected chi connectivity index (χ4v) is 3.22. The third-order valence-electron chi connectivity index (χ3n) is 4.38. The fourth-order valence-electron chi connectivity index (χ4n) is 3.22. The standard InChI is InChI=1S/C15H20N4O3/c20-13-3-4-14(21)19(13)8-5-15(22)18-7-1-2-12(18)10-17-9-6-16-11-17/h6,9,11-12H,1-5,7-8,10H2/t12-/m1/s1. The molecule has 2 aliphatic heterocycles. The van der Waals surface area contributed by atoms with Crippen LogP contribution in [-0.4, -0.2) is 56.2 Å². The number of carbonyl (C=O) groups excluding carboxylic acids is 3. The van der Waals surface area contributed by atoms with Gasteiger partial charge < -0.3 is 9.47 Å². The number of carbonyl (C=O) groups is 3. The minimum atomic E-state index is -0.158. The molecule has 7 heteroatoms. The zero-order valence-electron chi connectivity index (χ0n) is 12.5. The van der Waals surface area contributed by atoms with Gasteiger partial charge in [-0.2, -0.15) is 0 Å². The summed E-state index contributed by atoms with van der Waals surface area (Å²) in [5.41, 5.74) is 0. The summed E-state index contributed by atoms with van der Waals surface area (Å²) in [7, 11) is 0. The van der Waals surface area contributed by atoms with Crippen molar-refractivity contribution in [3.05, 3.63) is 18.7 Å². The molecule has 3 rings (SSSR count). The lowest BCUT2D eigenvalue weighted by Crippen LogP contribution is -2.40. The Morgan fingerprint density at radius 3 is 2.73 bits per heavy atom. The fraction of sp³-hybridized carbons (Fsp3) is 0.600. The maximum Gasteiger partial charge on any atom is 0.229 e. The summed E-state index contributed by atoms with van der Waals surface area (Å²) < 4.78 is 1.98. The molecule has 0 unspecified atom stereocenters. The molecule has 2 saturated heterocycles. The monoisotopic (exact) mass is 304 g/mol. The van der Waals surface area contributed by atoms with Crippen molar-refractivity contribution in [3.63, 3.8) is 0 Å². The van der Waals surface area contributed by atoms with Crippen LogP contribution in [0.4, 0.5) is 0 Å². The molecule has 3 heterocycles. The summed E-state index contributed by atoms with van der Waals surface area (Å²) >= 11 is 0. The zero-order valence-corrected chi connectivity index (χ0v) is 12.5. The van der Waals surface area contributed by atoms with Crippen molar-refractivity contribution in [1.82, 2.24) is 19.4 Å². The number of rotatable bonds is 5. The van der Waals surface area contributed by atoms with Crippen LogP contribution in [0.15, 0.2) is 18.7 Å². The summed E-state index contributed by atoms with van der Waals surface area (Å²) in [5.74, 6) is -0.293. The van der Waals surface area contributed by atoms with Gasteiger partial charge in [0.2, 0.25) is 17.7 Å². The van der Waals surface area contributed by atoms with Gasteiger partial charge in [0.25, 0.3) is 0 Å². The highest BCUT2D eigenvalue weighted by molar-refractivity contribution is 6.02. The first-order valence-electron chi connectivity index (χ1n) is 7.73. The Morgan fingerprint density at radius 1 is 1.27 bits per heavy atom. The maximum atomic E-state index is 12.4. The van der Waals surface area contributed by atoms with Crippen molar-refractivity contribution >= 4 is 17.7 Å². The predicted molar refractivity (Wildman–Crippen MR) is 77.5 cm³/mol. The van der Waals surface area contributed by atoms with Crippen LogP contribution in [0.2, 0.25) is 0 Å². The lowest BCUT2D eigenvalue weighted by atomic mass is 10.2. The van der Waals surface area contributed by atoms with E-state index in [2.05, 4.69) is 4.98 Å². The van der Waals surface area contributed by atoms with Gasteiger partial charge in [-0.15, -0.1) is 0 Å². The molecule has 0 radical (unpaired) electrons. The van der Waals surface area contributed by atoms with Crippen LogP contribution in [0, 0.1) is 0 Å². The first kappa shape index (κ1) is 14.7. The van der Waals surface area contributed by atoms with E-state index in [1.165, 1.54) is 4.90 Å². The van der Waals surface area contributed by atoms with E-state index in [4.69, 9.17) is 0 Å². The second-order valence-electron chi connectivity index (χ2n) is 5.83. The van der Waals surface area contributed by atoms with E-state index in [1.807, 2.05) is 15.7 Å². The molecule has 7 nitrogen and oxygen atoms in total. The van der Waals surface area contributed by atoms with E-state index in [0.29, 0.717) is 0 Å². The van der Waals surface area contributed by atoms with Gasteiger partial charge in [-0.25, -0.2) is 4.98 Å². The second kappa shape index (κ2) is 6.29. The average Bonchev–Trinajstić information content (AvgIpc) is 3.22. The Balaban J connectivity index is 1.54. The van der Waals surface area contributed by atoms with Gasteiger partial charge in [0.1, 0.15) is 0 Å². The van der Waals surface area contributed by atoms with Gasteiger partial charge in [-0.3, -0.25) is 19.3 Å². The van der Waals surface area contributed by atoms with Crippen molar-refractivity contribution in [1.29, 1.82) is 0 Å². The molecule has 2 fully saturated rings. The van der Waals surface area contributed by atoms with Crippen molar-refractivity contribution in [2.45, 2.75) is 44.7 Å². The van der Waals surface area contributed by atoms with Crippen LogP contribution in [-0.2, 0) is 20.9 Å². The Morgan fingerprint density at radius 2 is 2.05 bits per heavy atom. The summed E-state index contributed by atoms with van der Waals surface area (Å²) in [6.45, 7) is 1.71. The van der Waals surface area contributed by atoms with Gasteiger partial charge in [0.05, 0.1) is 6.33 Å². The van der Waals surface area contributed by atoms with Gasteiger partial charge in [0, 0.05) is 57.3 Å². The van der Waals surface area contributed by atoms with Crippen molar-refractivity contribution in [2.24, 2.45) is 0 Å². The van der Waals surface area contributed by atoms with Gasteiger partial charge >= 0.3 is 0 Å². The smallest absolute Gasteiger partial charge is 0.229 e. The Hall–Kier alpha value is -2.18. The molecule has 118 valence electrons. The largest absolute Gasteiger partial charge is 0.338 e. The van der Waals surface area contributed by atoms with E-state index >= 15 is 0 Å². The Labute approximate surface area is 128 Å². The number of nitrogens with zero attached hydrogens (tertiary/aromatic N) is 4. The normalized spacial score (nSPS) is 21.9. The number of amides is 3. The van der Waals surface area contributed by atoms with E-state index < -0.39 is 0 Å². The minimum absolute atomic E-state index is 0.0233. The minimum Gasteiger partial charge on any atom is -0.338 e. The lowest BCUT2D eigenvalue weighted by molar-refractivity contribution is -0.139. The molecular weight excluding hydrogens is 284 g/mol. The molecule has 2 aliphatic rings.